The van der Waals surface area contributed by atoms with Gasteiger partial charge in [-0.05, 0) is 36.2 Å². The highest BCUT2D eigenvalue weighted by atomic mass is 32.2. The van der Waals surface area contributed by atoms with E-state index in [4.69, 9.17) is 0 Å². The lowest BCUT2D eigenvalue weighted by atomic mass is 10.2. The minimum absolute atomic E-state index is 0.320. The summed E-state index contributed by atoms with van der Waals surface area (Å²) in [6.45, 7) is 3.84. The molecule has 25 heavy (non-hydrogen) atoms. The molecule has 1 N–H and O–H groups in total. The molecule has 0 saturated carbocycles. The molecule has 0 spiro atoms. The fraction of sp³-hybridized carbons (Fsp3) is 0.389. The molecule has 0 atom stereocenters. The second-order valence-electron chi connectivity index (χ2n) is 6.20. The van der Waals surface area contributed by atoms with Crippen molar-refractivity contribution in [2.24, 2.45) is 0 Å². The first-order valence-electron chi connectivity index (χ1n) is 8.53. The maximum Gasteiger partial charge on any atom is 0.279 e. The molecule has 3 rings (SSSR count). The Morgan fingerprint density at radius 3 is 2.44 bits per heavy atom. The molecule has 134 valence electrons. The van der Waals surface area contributed by atoms with Crippen LogP contribution in [-0.2, 0) is 23.3 Å². The van der Waals surface area contributed by atoms with E-state index in [2.05, 4.69) is 14.6 Å². The van der Waals surface area contributed by atoms with Crippen LogP contribution in [0.15, 0.2) is 54.9 Å². The normalized spacial score (nSPS) is 17.3. The van der Waals surface area contributed by atoms with Gasteiger partial charge in [-0.2, -0.15) is 17.4 Å². The molecular weight excluding hydrogens is 336 g/mol. The Balaban J connectivity index is 1.54. The molecule has 1 aliphatic rings. The molecule has 0 bridgehead atoms. The van der Waals surface area contributed by atoms with Gasteiger partial charge in [-0.3, -0.25) is 9.88 Å². The average Bonchev–Trinajstić information content (AvgIpc) is 2.88. The van der Waals surface area contributed by atoms with Crippen LogP contribution in [0.1, 0.15) is 17.5 Å². The fourth-order valence-corrected chi connectivity index (χ4v) is 4.18. The number of rotatable bonds is 6. The zero-order valence-corrected chi connectivity index (χ0v) is 15.0. The summed E-state index contributed by atoms with van der Waals surface area (Å²) in [6.07, 6.45) is 4.41. The predicted molar refractivity (Wildman–Crippen MR) is 97.9 cm³/mol. The molecule has 1 fully saturated rings. The maximum absolute atomic E-state index is 12.6. The van der Waals surface area contributed by atoms with E-state index < -0.39 is 10.2 Å². The zero-order valence-electron chi connectivity index (χ0n) is 14.2. The third-order valence-electron chi connectivity index (χ3n) is 4.34. The largest absolute Gasteiger partial charge is 0.298 e. The van der Waals surface area contributed by atoms with E-state index >= 15 is 0 Å². The van der Waals surface area contributed by atoms with E-state index in [9.17, 15) is 8.42 Å². The van der Waals surface area contributed by atoms with E-state index in [1.54, 1.807) is 16.7 Å². The molecule has 1 saturated heterocycles. The van der Waals surface area contributed by atoms with Crippen molar-refractivity contribution in [3.63, 3.8) is 0 Å². The Morgan fingerprint density at radius 2 is 1.68 bits per heavy atom. The van der Waals surface area contributed by atoms with Crippen LogP contribution >= 0.6 is 0 Å². The van der Waals surface area contributed by atoms with Crippen molar-refractivity contribution in [2.45, 2.75) is 19.5 Å². The summed E-state index contributed by atoms with van der Waals surface area (Å²) >= 11 is 0. The van der Waals surface area contributed by atoms with Crippen molar-refractivity contribution in [3.05, 3.63) is 66.0 Å². The number of aromatic nitrogens is 1. The van der Waals surface area contributed by atoms with Gasteiger partial charge in [-0.15, -0.1) is 0 Å². The van der Waals surface area contributed by atoms with Gasteiger partial charge in [0.05, 0.1) is 0 Å². The van der Waals surface area contributed by atoms with Crippen LogP contribution in [-0.4, -0.2) is 48.8 Å². The highest BCUT2D eigenvalue weighted by molar-refractivity contribution is 7.87. The van der Waals surface area contributed by atoms with Gasteiger partial charge in [0, 0.05) is 45.1 Å². The first kappa shape index (κ1) is 18.0. The average molecular weight is 360 g/mol. The van der Waals surface area contributed by atoms with Crippen molar-refractivity contribution in [3.8, 4) is 0 Å². The van der Waals surface area contributed by atoms with Gasteiger partial charge in [0.1, 0.15) is 0 Å². The standard InChI is InChI=1S/C18H24N4O2S/c23-25(24,20-15-17-5-2-1-3-6-17)22-12-4-11-21(13-14-22)16-18-7-9-19-10-8-18/h1-3,5-10,20H,4,11-16H2. The van der Waals surface area contributed by atoms with Gasteiger partial charge in [0.2, 0.25) is 0 Å². The third kappa shape index (κ3) is 5.34. The number of nitrogens with one attached hydrogen (secondary N) is 1. The minimum atomic E-state index is -3.45. The molecule has 0 radical (unpaired) electrons. The molecule has 0 amide bonds. The van der Waals surface area contributed by atoms with Crippen LogP contribution in [0.5, 0.6) is 0 Å². The monoisotopic (exact) mass is 360 g/mol. The summed E-state index contributed by atoms with van der Waals surface area (Å²) in [7, 11) is -3.45. The Kier molecular flexibility index (Phi) is 6.14. The highest BCUT2D eigenvalue weighted by Gasteiger charge is 2.24. The van der Waals surface area contributed by atoms with Crippen molar-refractivity contribution >= 4 is 10.2 Å². The number of nitrogens with zero attached hydrogens (tertiary/aromatic N) is 3. The topological polar surface area (TPSA) is 65.5 Å². The summed E-state index contributed by atoms with van der Waals surface area (Å²) in [5.41, 5.74) is 2.16. The number of hydrogen-bond acceptors (Lipinski definition) is 4. The molecule has 1 aromatic carbocycles. The molecule has 0 unspecified atom stereocenters. The number of hydrogen-bond donors (Lipinski definition) is 1. The summed E-state index contributed by atoms with van der Waals surface area (Å²) < 4.78 is 29.4. The zero-order chi connectivity index (χ0) is 17.5. The first-order chi connectivity index (χ1) is 12.1. The quantitative estimate of drug-likeness (QED) is 0.850. The second kappa shape index (κ2) is 8.53. The van der Waals surface area contributed by atoms with Crippen molar-refractivity contribution in [1.82, 2.24) is 18.9 Å². The van der Waals surface area contributed by atoms with E-state index in [1.807, 2.05) is 42.5 Å². The highest BCUT2D eigenvalue weighted by Crippen LogP contribution is 2.11. The van der Waals surface area contributed by atoms with Gasteiger partial charge < -0.3 is 0 Å². The molecule has 2 heterocycles. The van der Waals surface area contributed by atoms with Crippen molar-refractivity contribution < 1.29 is 8.42 Å². The Labute approximate surface area is 149 Å². The van der Waals surface area contributed by atoms with Crippen LogP contribution in [0, 0.1) is 0 Å². The Bertz CT molecular complexity index is 753. The third-order valence-corrected chi connectivity index (χ3v) is 5.90. The van der Waals surface area contributed by atoms with Crippen LogP contribution in [0.2, 0.25) is 0 Å². The van der Waals surface area contributed by atoms with Crippen LogP contribution < -0.4 is 4.72 Å². The lowest BCUT2D eigenvalue weighted by Gasteiger charge is -2.22. The van der Waals surface area contributed by atoms with Crippen molar-refractivity contribution in [1.29, 1.82) is 0 Å². The van der Waals surface area contributed by atoms with Gasteiger partial charge in [-0.25, -0.2) is 0 Å². The van der Waals surface area contributed by atoms with E-state index in [-0.39, 0.29) is 0 Å². The SMILES string of the molecule is O=S(=O)(NCc1ccccc1)N1CCCN(Cc2ccncc2)CC1. The second-order valence-corrected chi connectivity index (χ2v) is 7.95. The molecule has 7 heteroatoms. The van der Waals surface area contributed by atoms with Crippen LogP contribution in [0.4, 0.5) is 0 Å². The summed E-state index contributed by atoms with van der Waals surface area (Å²) in [6, 6.07) is 13.6. The predicted octanol–water partition coefficient (Wildman–Crippen LogP) is 1.62. The summed E-state index contributed by atoms with van der Waals surface area (Å²) in [5.74, 6) is 0. The number of pyridine rings is 1. The van der Waals surface area contributed by atoms with Gasteiger partial charge >= 0.3 is 0 Å². The lowest BCUT2D eigenvalue weighted by molar-refractivity contribution is 0.278. The fourth-order valence-electron chi connectivity index (χ4n) is 2.95. The molecule has 6 nitrogen and oxygen atoms in total. The lowest BCUT2D eigenvalue weighted by Crippen LogP contribution is -2.42. The van der Waals surface area contributed by atoms with Crippen LogP contribution in [0.25, 0.3) is 0 Å². The van der Waals surface area contributed by atoms with E-state index in [1.165, 1.54) is 5.56 Å². The van der Waals surface area contributed by atoms with Crippen LogP contribution in [0.3, 0.4) is 0 Å². The molecule has 1 aromatic heterocycles. The van der Waals surface area contributed by atoms with Gasteiger partial charge in [0.15, 0.2) is 0 Å². The van der Waals surface area contributed by atoms with Gasteiger partial charge in [-0.1, -0.05) is 30.3 Å². The minimum Gasteiger partial charge on any atom is -0.298 e. The maximum atomic E-state index is 12.6. The summed E-state index contributed by atoms with van der Waals surface area (Å²) in [5, 5.41) is 0. The van der Waals surface area contributed by atoms with Gasteiger partial charge in [0.25, 0.3) is 10.2 Å². The molecule has 0 aliphatic carbocycles. The number of benzene rings is 1. The smallest absolute Gasteiger partial charge is 0.279 e. The van der Waals surface area contributed by atoms with E-state index in [0.29, 0.717) is 19.6 Å². The summed E-state index contributed by atoms with van der Waals surface area (Å²) in [4.78, 5) is 6.33. The van der Waals surface area contributed by atoms with Crippen molar-refractivity contribution in [2.75, 3.05) is 26.2 Å². The first-order valence-corrected chi connectivity index (χ1v) is 9.97. The molecule has 2 aromatic rings. The molecular formula is C18H24N4O2S. The van der Waals surface area contributed by atoms with E-state index in [0.717, 1.165) is 31.6 Å². The molecule has 1 aliphatic heterocycles. The Morgan fingerprint density at radius 1 is 0.920 bits per heavy atom. The Hall–Kier alpha value is -1.80.